The largest absolute Gasteiger partial charge is 0.390 e. The van der Waals surface area contributed by atoms with Crippen LogP contribution < -0.4 is 0 Å². The number of aryl methyl sites for hydroxylation is 1. The minimum atomic E-state index is -0.633. The van der Waals surface area contributed by atoms with E-state index >= 15 is 0 Å². The van der Waals surface area contributed by atoms with Crippen LogP contribution in [0.15, 0.2) is 18.2 Å². The minimum absolute atomic E-state index is 0.568. The number of rotatable bonds is 3. The first-order valence-corrected chi connectivity index (χ1v) is 5.30. The molecule has 1 N–H and O–H groups in total. The van der Waals surface area contributed by atoms with Gasteiger partial charge in [0.25, 0.3) is 0 Å². The molecule has 0 radical (unpaired) electrons. The van der Waals surface area contributed by atoms with Crippen LogP contribution in [0.5, 0.6) is 0 Å². The first-order valence-electron chi connectivity index (χ1n) is 4.55. The molecule has 0 aliphatic rings. The van der Waals surface area contributed by atoms with Crippen molar-refractivity contribution in [3.63, 3.8) is 0 Å². The van der Waals surface area contributed by atoms with Crippen LogP contribution in [0.1, 0.15) is 25.8 Å². The summed E-state index contributed by atoms with van der Waals surface area (Å²) in [5.74, 6) is 0. The lowest BCUT2D eigenvalue weighted by Gasteiger charge is -2.16. The molecule has 0 spiro atoms. The average Bonchev–Trinajstić information content (AvgIpc) is 2.06. The standard InChI is InChI=1S/C11H14Cl2O/c1-11(2,14)6-5-8-3-4-9(12)10(13)7-8/h3-4,7,14H,5-6H2,1-2H3. The van der Waals surface area contributed by atoms with E-state index in [4.69, 9.17) is 23.2 Å². The summed E-state index contributed by atoms with van der Waals surface area (Å²) in [5, 5.41) is 10.7. The van der Waals surface area contributed by atoms with Crippen LogP contribution >= 0.6 is 23.2 Å². The average molecular weight is 233 g/mol. The van der Waals surface area contributed by atoms with E-state index in [0.717, 1.165) is 12.0 Å². The van der Waals surface area contributed by atoms with Crippen molar-refractivity contribution in [2.45, 2.75) is 32.3 Å². The summed E-state index contributed by atoms with van der Waals surface area (Å²) < 4.78 is 0. The van der Waals surface area contributed by atoms with Crippen LogP contribution in [0.2, 0.25) is 10.0 Å². The van der Waals surface area contributed by atoms with Gasteiger partial charge in [-0.1, -0.05) is 29.3 Å². The van der Waals surface area contributed by atoms with Crippen molar-refractivity contribution in [3.8, 4) is 0 Å². The van der Waals surface area contributed by atoms with E-state index in [9.17, 15) is 5.11 Å². The second-order valence-electron chi connectivity index (χ2n) is 4.06. The summed E-state index contributed by atoms with van der Waals surface area (Å²) in [6.45, 7) is 3.59. The molecule has 0 bridgehead atoms. The van der Waals surface area contributed by atoms with Gasteiger partial charge in [0.2, 0.25) is 0 Å². The zero-order valence-electron chi connectivity index (χ0n) is 8.35. The maximum absolute atomic E-state index is 9.54. The first-order chi connectivity index (χ1) is 6.38. The van der Waals surface area contributed by atoms with Gasteiger partial charge in [0, 0.05) is 0 Å². The number of hydrogen-bond acceptors (Lipinski definition) is 1. The summed E-state index contributed by atoms with van der Waals surface area (Å²) in [7, 11) is 0. The normalized spacial score (nSPS) is 11.8. The van der Waals surface area contributed by atoms with Crippen LogP contribution in [0.3, 0.4) is 0 Å². The monoisotopic (exact) mass is 232 g/mol. The molecule has 0 atom stereocenters. The van der Waals surface area contributed by atoms with Crippen LogP contribution in [0.4, 0.5) is 0 Å². The molecular weight excluding hydrogens is 219 g/mol. The Hall–Kier alpha value is -0.240. The SMILES string of the molecule is CC(C)(O)CCc1ccc(Cl)c(Cl)c1. The molecule has 0 fully saturated rings. The van der Waals surface area contributed by atoms with Crippen molar-refractivity contribution in [2.24, 2.45) is 0 Å². The van der Waals surface area contributed by atoms with Crippen LogP contribution in [0, 0.1) is 0 Å². The van der Waals surface area contributed by atoms with E-state index < -0.39 is 5.60 Å². The maximum atomic E-state index is 9.54. The smallest absolute Gasteiger partial charge is 0.0595 e. The number of benzene rings is 1. The van der Waals surface area contributed by atoms with Crippen molar-refractivity contribution in [1.82, 2.24) is 0 Å². The van der Waals surface area contributed by atoms with Crippen molar-refractivity contribution >= 4 is 23.2 Å². The minimum Gasteiger partial charge on any atom is -0.390 e. The Labute approximate surface area is 94.7 Å². The summed E-state index contributed by atoms with van der Waals surface area (Å²) in [4.78, 5) is 0. The maximum Gasteiger partial charge on any atom is 0.0595 e. The lowest BCUT2D eigenvalue weighted by atomic mass is 9.99. The highest BCUT2D eigenvalue weighted by molar-refractivity contribution is 6.42. The second kappa shape index (κ2) is 4.52. The molecule has 0 saturated carbocycles. The molecule has 14 heavy (non-hydrogen) atoms. The molecule has 0 amide bonds. The van der Waals surface area contributed by atoms with Gasteiger partial charge in [-0.05, 0) is 44.4 Å². The fourth-order valence-corrected chi connectivity index (χ4v) is 1.47. The number of halogens is 2. The van der Waals surface area contributed by atoms with E-state index in [2.05, 4.69) is 0 Å². The van der Waals surface area contributed by atoms with Crippen molar-refractivity contribution in [1.29, 1.82) is 0 Å². The van der Waals surface area contributed by atoms with Gasteiger partial charge in [0.05, 0.1) is 15.6 Å². The molecule has 3 heteroatoms. The van der Waals surface area contributed by atoms with Crippen molar-refractivity contribution < 1.29 is 5.11 Å². The van der Waals surface area contributed by atoms with Gasteiger partial charge >= 0.3 is 0 Å². The van der Waals surface area contributed by atoms with Crippen molar-refractivity contribution in [3.05, 3.63) is 33.8 Å². The van der Waals surface area contributed by atoms with Gasteiger partial charge in [0.15, 0.2) is 0 Å². The summed E-state index contributed by atoms with van der Waals surface area (Å²) in [5.41, 5.74) is 0.466. The van der Waals surface area contributed by atoms with E-state index in [1.807, 2.05) is 12.1 Å². The Morgan fingerprint density at radius 2 is 1.86 bits per heavy atom. The van der Waals surface area contributed by atoms with Gasteiger partial charge in [0.1, 0.15) is 0 Å². The van der Waals surface area contributed by atoms with Crippen molar-refractivity contribution in [2.75, 3.05) is 0 Å². The molecule has 1 aromatic carbocycles. The molecule has 1 aromatic rings. The van der Waals surface area contributed by atoms with Crippen LogP contribution in [-0.4, -0.2) is 10.7 Å². The zero-order valence-corrected chi connectivity index (χ0v) is 9.86. The van der Waals surface area contributed by atoms with E-state index in [1.165, 1.54) is 0 Å². The number of hydrogen-bond donors (Lipinski definition) is 1. The predicted molar refractivity (Wildman–Crippen MR) is 61.1 cm³/mol. The second-order valence-corrected chi connectivity index (χ2v) is 4.88. The van der Waals surface area contributed by atoms with E-state index in [1.54, 1.807) is 19.9 Å². The van der Waals surface area contributed by atoms with Gasteiger partial charge in [-0.3, -0.25) is 0 Å². The Morgan fingerprint density at radius 1 is 1.21 bits per heavy atom. The lowest BCUT2D eigenvalue weighted by molar-refractivity contribution is 0.0714. The quantitative estimate of drug-likeness (QED) is 0.843. The Balaban J connectivity index is 2.65. The fourth-order valence-electron chi connectivity index (χ4n) is 1.15. The molecule has 0 aliphatic heterocycles. The van der Waals surface area contributed by atoms with E-state index in [0.29, 0.717) is 16.5 Å². The summed E-state index contributed by atoms with van der Waals surface area (Å²) in [6.07, 6.45) is 1.52. The number of aliphatic hydroxyl groups is 1. The molecule has 78 valence electrons. The fraction of sp³-hybridized carbons (Fsp3) is 0.455. The van der Waals surface area contributed by atoms with Crippen LogP contribution in [-0.2, 0) is 6.42 Å². The van der Waals surface area contributed by atoms with E-state index in [-0.39, 0.29) is 0 Å². The molecule has 0 heterocycles. The Kier molecular flexibility index (Phi) is 3.82. The third kappa shape index (κ3) is 3.87. The predicted octanol–water partition coefficient (Wildman–Crippen LogP) is 3.70. The Bertz CT molecular complexity index is 316. The molecule has 0 saturated heterocycles. The lowest BCUT2D eigenvalue weighted by Crippen LogP contribution is -2.19. The topological polar surface area (TPSA) is 20.2 Å². The van der Waals surface area contributed by atoms with Gasteiger partial charge in [-0.2, -0.15) is 0 Å². The zero-order chi connectivity index (χ0) is 10.8. The highest BCUT2D eigenvalue weighted by Gasteiger charge is 2.12. The molecule has 0 aliphatic carbocycles. The van der Waals surface area contributed by atoms with Gasteiger partial charge < -0.3 is 5.11 Å². The highest BCUT2D eigenvalue weighted by atomic mass is 35.5. The molecule has 0 unspecified atom stereocenters. The third-order valence-corrected chi connectivity index (χ3v) is 2.75. The third-order valence-electron chi connectivity index (χ3n) is 2.01. The summed E-state index contributed by atoms with van der Waals surface area (Å²) in [6, 6.07) is 5.55. The Morgan fingerprint density at radius 3 is 2.36 bits per heavy atom. The van der Waals surface area contributed by atoms with Gasteiger partial charge in [-0.25, -0.2) is 0 Å². The molecule has 0 aromatic heterocycles. The molecule has 1 rings (SSSR count). The van der Waals surface area contributed by atoms with Gasteiger partial charge in [-0.15, -0.1) is 0 Å². The molecule has 1 nitrogen and oxygen atoms in total. The highest BCUT2D eigenvalue weighted by Crippen LogP contribution is 2.24. The first kappa shape index (κ1) is 11.8. The summed E-state index contributed by atoms with van der Waals surface area (Å²) >= 11 is 11.7. The van der Waals surface area contributed by atoms with Crippen LogP contribution in [0.25, 0.3) is 0 Å². The molecular formula is C11H14Cl2O.